The number of carboxylic acid groups (broad SMARTS) is 1. The molecule has 3 aromatic carbocycles. The van der Waals surface area contributed by atoms with Crippen molar-refractivity contribution in [1.82, 2.24) is 10.1 Å². The molecule has 1 unspecified atom stereocenters. The highest BCUT2D eigenvalue weighted by molar-refractivity contribution is 5.76. The molecule has 2 aliphatic rings. The van der Waals surface area contributed by atoms with Crippen LogP contribution >= 0.6 is 0 Å². The van der Waals surface area contributed by atoms with Crippen molar-refractivity contribution in [2.75, 3.05) is 6.61 Å². The summed E-state index contributed by atoms with van der Waals surface area (Å²) in [5.74, 6) is 0.736. The number of hydrogen-bond acceptors (Lipinski definition) is 6. The van der Waals surface area contributed by atoms with E-state index in [4.69, 9.17) is 19.1 Å². The fourth-order valence-electron chi connectivity index (χ4n) is 5.42. The number of aryl methyl sites for hydroxylation is 1. The zero-order chi connectivity index (χ0) is 27.3. The minimum Gasteiger partial charge on any atom is -0.492 e. The molecule has 6 rings (SSSR count). The van der Waals surface area contributed by atoms with Crippen LogP contribution in [-0.2, 0) is 17.4 Å². The molecular weight excluding hydrogens is 513 g/mol. The maximum Gasteiger partial charge on any atom is 0.417 e. The third kappa shape index (κ3) is 4.71. The van der Waals surface area contributed by atoms with Gasteiger partial charge in [0.25, 0.3) is 5.89 Å². The predicted molar refractivity (Wildman–Crippen MR) is 134 cm³/mol. The second kappa shape index (κ2) is 9.44. The predicted octanol–water partition coefficient (Wildman–Crippen LogP) is 6.75. The van der Waals surface area contributed by atoms with Crippen LogP contribution in [0.2, 0.25) is 0 Å². The van der Waals surface area contributed by atoms with Crippen LogP contribution in [0.4, 0.5) is 13.2 Å². The smallest absolute Gasteiger partial charge is 0.417 e. The van der Waals surface area contributed by atoms with Crippen LogP contribution in [0.3, 0.4) is 0 Å². The van der Waals surface area contributed by atoms with Crippen molar-refractivity contribution in [3.63, 3.8) is 0 Å². The van der Waals surface area contributed by atoms with Crippen LogP contribution in [0.1, 0.15) is 52.9 Å². The molecule has 0 spiro atoms. The summed E-state index contributed by atoms with van der Waals surface area (Å²) in [6.07, 6.45) is -4.05. The Morgan fingerprint density at radius 1 is 1.08 bits per heavy atom. The van der Waals surface area contributed by atoms with E-state index in [1.165, 1.54) is 6.07 Å². The van der Waals surface area contributed by atoms with Gasteiger partial charge >= 0.3 is 12.1 Å². The number of fused-ring (bicyclic) bond motifs is 2. The summed E-state index contributed by atoms with van der Waals surface area (Å²) in [4.78, 5) is 15.3. The second-order valence-electron chi connectivity index (χ2n) is 9.73. The first-order chi connectivity index (χ1) is 18.7. The van der Waals surface area contributed by atoms with Crippen molar-refractivity contribution >= 4 is 5.97 Å². The molecule has 1 aliphatic carbocycles. The summed E-state index contributed by atoms with van der Waals surface area (Å²) < 4.78 is 59.4. The number of alkyl halides is 3. The van der Waals surface area contributed by atoms with Crippen LogP contribution in [0.5, 0.6) is 11.5 Å². The Bertz CT molecular complexity index is 1560. The molecule has 7 nitrogen and oxygen atoms in total. The number of hydrogen-bond donors (Lipinski definition) is 1. The Balaban J connectivity index is 1.32. The van der Waals surface area contributed by atoms with Crippen molar-refractivity contribution in [3.05, 3.63) is 82.7 Å². The Hall–Kier alpha value is -4.34. The molecule has 0 saturated carbocycles. The molecule has 2 atom stereocenters. The molecule has 1 aliphatic heterocycles. The molecule has 1 N–H and O–H groups in total. The number of ether oxygens (including phenoxy) is 2. The van der Waals surface area contributed by atoms with Gasteiger partial charge in [0.1, 0.15) is 17.6 Å². The quantitative estimate of drug-likeness (QED) is 0.291. The van der Waals surface area contributed by atoms with Gasteiger partial charge in [-0.1, -0.05) is 29.4 Å². The maximum atomic E-state index is 14.1. The highest BCUT2D eigenvalue weighted by Gasteiger charge is 2.38. The Labute approximate surface area is 221 Å². The number of rotatable bonds is 6. The summed E-state index contributed by atoms with van der Waals surface area (Å²) in [6, 6.07) is 14.5. The highest BCUT2D eigenvalue weighted by atomic mass is 19.4. The van der Waals surface area contributed by atoms with Gasteiger partial charge in [0, 0.05) is 23.1 Å². The van der Waals surface area contributed by atoms with Crippen LogP contribution < -0.4 is 9.47 Å². The number of halogens is 3. The fourth-order valence-corrected chi connectivity index (χ4v) is 5.42. The topological polar surface area (TPSA) is 94.7 Å². The number of carboxylic acids is 1. The van der Waals surface area contributed by atoms with Gasteiger partial charge in [0.15, 0.2) is 5.82 Å². The molecule has 2 heterocycles. The average molecular weight is 537 g/mol. The van der Waals surface area contributed by atoms with Crippen LogP contribution in [0, 0.1) is 6.92 Å². The number of nitrogens with zero attached hydrogens (tertiary/aromatic N) is 2. The van der Waals surface area contributed by atoms with E-state index in [0.29, 0.717) is 58.3 Å². The summed E-state index contributed by atoms with van der Waals surface area (Å²) in [7, 11) is 0. The van der Waals surface area contributed by atoms with Crippen molar-refractivity contribution in [3.8, 4) is 34.1 Å². The SMILES string of the molecule is Cc1noc(-c2ccc(-c3c(C(F)(F)F)ccc4c3CC[C@H]4Oc3ccc4c(c3)OCC4CC(=O)O)cc2)n1. The molecule has 200 valence electrons. The molecule has 10 heteroatoms. The van der Waals surface area contributed by atoms with E-state index in [0.717, 1.165) is 11.6 Å². The van der Waals surface area contributed by atoms with Gasteiger partial charge < -0.3 is 19.1 Å². The molecule has 0 radical (unpaired) electrons. The Morgan fingerprint density at radius 2 is 1.82 bits per heavy atom. The minimum atomic E-state index is -4.53. The van der Waals surface area contributed by atoms with Gasteiger partial charge in [0.05, 0.1) is 18.6 Å². The first-order valence-electron chi connectivity index (χ1n) is 12.5. The highest BCUT2D eigenvalue weighted by Crippen LogP contribution is 2.47. The average Bonchev–Trinajstić information content (AvgIpc) is 3.62. The second-order valence-corrected chi connectivity index (χ2v) is 9.73. The minimum absolute atomic E-state index is 0.0247. The number of aromatic nitrogens is 2. The largest absolute Gasteiger partial charge is 0.492 e. The van der Waals surface area contributed by atoms with Crippen molar-refractivity contribution in [1.29, 1.82) is 0 Å². The van der Waals surface area contributed by atoms with E-state index in [2.05, 4.69) is 10.1 Å². The Morgan fingerprint density at radius 3 is 2.51 bits per heavy atom. The van der Waals surface area contributed by atoms with E-state index in [-0.39, 0.29) is 24.5 Å². The molecule has 39 heavy (non-hydrogen) atoms. The van der Waals surface area contributed by atoms with Crippen LogP contribution in [-0.4, -0.2) is 27.8 Å². The van der Waals surface area contributed by atoms with E-state index in [9.17, 15) is 18.0 Å². The molecule has 0 amide bonds. The maximum absolute atomic E-state index is 14.1. The van der Waals surface area contributed by atoms with Gasteiger partial charge in [-0.2, -0.15) is 18.2 Å². The van der Waals surface area contributed by atoms with Crippen molar-refractivity contribution < 1.29 is 37.1 Å². The Kier molecular flexibility index (Phi) is 6.05. The number of aliphatic carboxylic acids is 1. The van der Waals surface area contributed by atoms with Gasteiger partial charge in [-0.25, -0.2) is 0 Å². The monoisotopic (exact) mass is 536 g/mol. The third-order valence-electron chi connectivity index (χ3n) is 7.17. The summed E-state index contributed by atoms with van der Waals surface area (Å²) in [6.45, 7) is 1.97. The van der Waals surface area contributed by atoms with Crippen LogP contribution in [0.25, 0.3) is 22.6 Å². The van der Waals surface area contributed by atoms with Gasteiger partial charge in [0.2, 0.25) is 0 Å². The van der Waals surface area contributed by atoms with E-state index >= 15 is 0 Å². The normalized spacial score (nSPS) is 17.9. The number of benzene rings is 3. The van der Waals surface area contributed by atoms with E-state index < -0.39 is 23.8 Å². The van der Waals surface area contributed by atoms with E-state index in [1.54, 1.807) is 49.4 Å². The third-order valence-corrected chi connectivity index (χ3v) is 7.17. The lowest BCUT2D eigenvalue weighted by atomic mass is 9.91. The first-order valence-corrected chi connectivity index (χ1v) is 12.5. The molecule has 0 fully saturated rings. The molecular formula is C29H23F3N2O5. The number of carbonyl (C=O) groups is 1. The van der Waals surface area contributed by atoms with E-state index in [1.807, 2.05) is 0 Å². The lowest BCUT2D eigenvalue weighted by Gasteiger charge is -2.20. The lowest BCUT2D eigenvalue weighted by molar-refractivity contribution is -0.138. The standard InChI is InChI=1S/C29H23F3N2O5/c1-15-33-28(39-34-15)17-4-2-16(3-5-17)27-22-9-11-24(21(22)8-10-23(27)29(30,31)32)38-19-6-7-20-18(12-26(35)36)14-37-25(20)13-19/h2-8,10,13,18,24H,9,11-12,14H2,1H3,(H,35,36)/t18?,24-/m1/s1. The zero-order valence-corrected chi connectivity index (χ0v) is 20.8. The molecule has 1 aromatic heterocycles. The van der Waals surface area contributed by atoms with Gasteiger partial charge in [-0.15, -0.1) is 0 Å². The van der Waals surface area contributed by atoms with Crippen molar-refractivity contribution in [2.45, 2.75) is 44.4 Å². The summed E-state index contributed by atoms with van der Waals surface area (Å²) in [5.41, 5.74) is 2.64. The lowest BCUT2D eigenvalue weighted by Crippen LogP contribution is -2.10. The molecule has 0 saturated heterocycles. The molecule has 0 bridgehead atoms. The van der Waals surface area contributed by atoms with Crippen molar-refractivity contribution in [2.24, 2.45) is 0 Å². The molecule has 4 aromatic rings. The summed E-state index contributed by atoms with van der Waals surface area (Å²) in [5, 5.41) is 12.9. The first kappa shape index (κ1) is 25.0. The summed E-state index contributed by atoms with van der Waals surface area (Å²) >= 11 is 0. The van der Waals surface area contributed by atoms with Crippen LogP contribution in [0.15, 0.2) is 59.1 Å². The van der Waals surface area contributed by atoms with Gasteiger partial charge in [-0.05, 0) is 66.3 Å². The van der Waals surface area contributed by atoms with Gasteiger partial charge in [-0.3, -0.25) is 4.79 Å². The fraction of sp³-hybridized carbons (Fsp3) is 0.276. The zero-order valence-electron chi connectivity index (χ0n) is 20.8.